The van der Waals surface area contributed by atoms with Gasteiger partial charge in [0.05, 0.1) is 5.56 Å². The molecule has 0 saturated carbocycles. The van der Waals surface area contributed by atoms with E-state index >= 15 is 0 Å². The first kappa shape index (κ1) is 14.1. The minimum atomic E-state index is -0.173. The van der Waals surface area contributed by atoms with Gasteiger partial charge in [-0.25, -0.2) is 0 Å². The Kier molecular flexibility index (Phi) is 3.66. The zero-order chi connectivity index (χ0) is 15.6. The summed E-state index contributed by atoms with van der Waals surface area (Å²) in [6.07, 6.45) is 3.72. The summed E-state index contributed by atoms with van der Waals surface area (Å²) in [4.78, 5) is 14.7. The first-order chi connectivity index (χ1) is 11.3. The lowest BCUT2D eigenvalue weighted by Gasteiger charge is -2.30. The number of carbonyl (C=O) groups is 1. The highest BCUT2D eigenvalue weighted by Gasteiger charge is 2.24. The smallest absolute Gasteiger partial charge is 0.255 e. The predicted molar refractivity (Wildman–Crippen MR) is 92.8 cm³/mol. The van der Waals surface area contributed by atoms with E-state index in [0.29, 0.717) is 5.56 Å². The van der Waals surface area contributed by atoms with E-state index in [-0.39, 0.29) is 12.1 Å². The normalized spacial score (nSPS) is 20.4. The molecule has 2 aliphatic heterocycles. The number of nitrogens with zero attached hydrogens (tertiary/aromatic N) is 1. The van der Waals surface area contributed by atoms with E-state index in [2.05, 4.69) is 39.8 Å². The molecule has 2 heterocycles. The van der Waals surface area contributed by atoms with Crippen molar-refractivity contribution in [3.05, 3.63) is 59.7 Å². The fourth-order valence-electron chi connectivity index (χ4n) is 3.40. The van der Waals surface area contributed by atoms with E-state index in [4.69, 9.17) is 0 Å². The summed E-state index contributed by atoms with van der Waals surface area (Å²) in [5.41, 5.74) is 3.94. The number of amides is 1. The zero-order valence-corrected chi connectivity index (χ0v) is 13.1. The van der Waals surface area contributed by atoms with Gasteiger partial charge in [0.1, 0.15) is 6.17 Å². The fraction of sp³-hybridized carbons (Fsp3) is 0.316. The molecule has 0 spiro atoms. The average Bonchev–Trinajstić information content (AvgIpc) is 2.63. The maximum Gasteiger partial charge on any atom is 0.255 e. The third-order valence-corrected chi connectivity index (χ3v) is 4.69. The third-order valence-electron chi connectivity index (χ3n) is 4.69. The van der Waals surface area contributed by atoms with Crippen LogP contribution in [0, 0.1) is 0 Å². The van der Waals surface area contributed by atoms with Crippen molar-refractivity contribution in [3.8, 4) is 0 Å². The molecule has 2 N–H and O–H groups in total. The summed E-state index contributed by atoms with van der Waals surface area (Å²) in [6, 6.07) is 16.2. The second kappa shape index (κ2) is 5.95. The van der Waals surface area contributed by atoms with Gasteiger partial charge in [-0.2, -0.15) is 0 Å². The number of hydrogen-bond acceptors (Lipinski definition) is 3. The average molecular weight is 307 g/mol. The van der Waals surface area contributed by atoms with Gasteiger partial charge in [-0.05, 0) is 49.1 Å². The monoisotopic (exact) mass is 307 g/mol. The quantitative estimate of drug-likeness (QED) is 0.892. The number of carbonyl (C=O) groups excluding carboxylic acids is 1. The van der Waals surface area contributed by atoms with E-state index < -0.39 is 0 Å². The highest BCUT2D eigenvalue weighted by Crippen LogP contribution is 2.28. The number of para-hydroxylation sites is 1. The second-order valence-electron chi connectivity index (χ2n) is 6.24. The summed E-state index contributed by atoms with van der Waals surface area (Å²) >= 11 is 0. The standard InChI is InChI=1S/C19H21N3O/c23-19-16-6-2-3-7-17(16)20-18(21-19)14-8-10-15(11-9-14)22-12-4-1-5-13-22/h2-3,6-11,18,20H,1,4-5,12-13H2,(H,21,23). The topological polar surface area (TPSA) is 44.4 Å². The van der Waals surface area contributed by atoms with Gasteiger partial charge in [-0.3, -0.25) is 4.79 Å². The van der Waals surface area contributed by atoms with E-state index in [1.165, 1.54) is 24.9 Å². The highest BCUT2D eigenvalue weighted by molar-refractivity contribution is 6.01. The van der Waals surface area contributed by atoms with Crippen molar-refractivity contribution in [1.29, 1.82) is 0 Å². The van der Waals surface area contributed by atoms with E-state index in [0.717, 1.165) is 24.3 Å². The van der Waals surface area contributed by atoms with Gasteiger partial charge in [0, 0.05) is 24.5 Å². The Labute approximate surface area is 136 Å². The van der Waals surface area contributed by atoms with Crippen LogP contribution in [-0.2, 0) is 0 Å². The summed E-state index contributed by atoms with van der Waals surface area (Å²) < 4.78 is 0. The lowest BCUT2D eigenvalue weighted by Crippen LogP contribution is -2.38. The van der Waals surface area contributed by atoms with Crippen LogP contribution in [-0.4, -0.2) is 19.0 Å². The summed E-state index contributed by atoms with van der Waals surface area (Å²) in [6.45, 7) is 2.29. The summed E-state index contributed by atoms with van der Waals surface area (Å²) in [5, 5.41) is 6.42. The molecule has 4 rings (SSSR count). The van der Waals surface area contributed by atoms with Crippen LogP contribution in [0.4, 0.5) is 11.4 Å². The molecule has 4 heteroatoms. The van der Waals surface area contributed by atoms with Crippen LogP contribution in [0.15, 0.2) is 48.5 Å². The summed E-state index contributed by atoms with van der Waals surface area (Å²) in [7, 11) is 0. The SMILES string of the molecule is O=C1NC(c2ccc(N3CCCCC3)cc2)Nc2ccccc21. The molecule has 2 aromatic rings. The van der Waals surface area contributed by atoms with Crippen LogP contribution >= 0.6 is 0 Å². The minimum absolute atomic E-state index is 0.0237. The molecule has 0 radical (unpaired) electrons. The Hall–Kier alpha value is -2.49. The molecule has 23 heavy (non-hydrogen) atoms. The summed E-state index contributed by atoms with van der Waals surface area (Å²) in [5.74, 6) is -0.0237. The molecule has 1 saturated heterocycles. The van der Waals surface area contributed by atoms with Gasteiger partial charge < -0.3 is 15.5 Å². The number of piperidine rings is 1. The molecule has 118 valence electrons. The predicted octanol–water partition coefficient (Wildman–Crippen LogP) is 3.53. The first-order valence-corrected chi connectivity index (χ1v) is 8.32. The highest BCUT2D eigenvalue weighted by atomic mass is 16.2. The number of fused-ring (bicyclic) bond motifs is 1. The maximum absolute atomic E-state index is 12.2. The van der Waals surface area contributed by atoms with Crippen LogP contribution in [0.1, 0.15) is 41.3 Å². The van der Waals surface area contributed by atoms with E-state index in [9.17, 15) is 4.79 Å². The van der Waals surface area contributed by atoms with Gasteiger partial charge in [-0.1, -0.05) is 24.3 Å². The van der Waals surface area contributed by atoms with Crippen LogP contribution in [0.25, 0.3) is 0 Å². The van der Waals surface area contributed by atoms with Gasteiger partial charge in [0.2, 0.25) is 0 Å². The molecule has 0 bridgehead atoms. The Morgan fingerprint density at radius 2 is 1.61 bits per heavy atom. The molecule has 1 unspecified atom stereocenters. The first-order valence-electron chi connectivity index (χ1n) is 8.32. The molecule has 1 fully saturated rings. The number of rotatable bonds is 2. The molecule has 0 aliphatic carbocycles. The number of anilines is 2. The van der Waals surface area contributed by atoms with E-state index in [1.807, 2.05) is 24.3 Å². The van der Waals surface area contributed by atoms with E-state index in [1.54, 1.807) is 0 Å². The Morgan fingerprint density at radius 1 is 0.870 bits per heavy atom. The van der Waals surface area contributed by atoms with Crippen molar-refractivity contribution < 1.29 is 4.79 Å². The fourth-order valence-corrected chi connectivity index (χ4v) is 3.40. The van der Waals surface area contributed by atoms with Crippen LogP contribution in [0.5, 0.6) is 0 Å². The minimum Gasteiger partial charge on any atom is -0.372 e. The molecule has 2 aliphatic rings. The van der Waals surface area contributed by atoms with Crippen LogP contribution < -0.4 is 15.5 Å². The largest absolute Gasteiger partial charge is 0.372 e. The Bertz CT molecular complexity index is 705. The van der Waals surface area contributed by atoms with Crippen molar-refractivity contribution in [1.82, 2.24) is 5.32 Å². The van der Waals surface area contributed by atoms with Crippen molar-refractivity contribution in [2.75, 3.05) is 23.3 Å². The van der Waals surface area contributed by atoms with Gasteiger partial charge in [0.25, 0.3) is 5.91 Å². The number of benzene rings is 2. The van der Waals surface area contributed by atoms with Crippen LogP contribution in [0.3, 0.4) is 0 Å². The molecular weight excluding hydrogens is 286 g/mol. The molecular formula is C19H21N3O. The molecule has 2 aromatic carbocycles. The van der Waals surface area contributed by atoms with Crippen molar-refractivity contribution in [2.45, 2.75) is 25.4 Å². The van der Waals surface area contributed by atoms with Crippen molar-refractivity contribution in [2.24, 2.45) is 0 Å². The van der Waals surface area contributed by atoms with Gasteiger partial charge in [-0.15, -0.1) is 0 Å². The molecule has 4 nitrogen and oxygen atoms in total. The number of hydrogen-bond donors (Lipinski definition) is 2. The second-order valence-corrected chi connectivity index (χ2v) is 6.24. The zero-order valence-electron chi connectivity index (χ0n) is 13.1. The van der Waals surface area contributed by atoms with Crippen LogP contribution in [0.2, 0.25) is 0 Å². The molecule has 0 aromatic heterocycles. The van der Waals surface area contributed by atoms with Crippen molar-refractivity contribution in [3.63, 3.8) is 0 Å². The van der Waals surface area contributed by atoms with Crippen molar-refractivity contribution >= 4 is 17.3 Å². The number of nitrogens with one attached hydrogen (secondary N) is 2. The third kappa shape index (κ3) is 2.77. The Morgan fingerprint density at radius 3 is 2.39 bits per heavy atom. The maximum atomic E-state index is 12.2. The molecule has 1 amide bonds. The lowest BCUT2D eigenvalue weighted by atomic mass is 10.0. The van der Waals surface area contributed by atoms with Gasteiger partial charge >= 0.3 is 0 Å². The lowest BCUT2D eigenvalue weighted by molar-refractivity contribution is 0.0935. The Balaban J connectivity index is 1.54. The molecule has 1 atom stereocenters. The van der Waals surface area contributed by atoms with Gasteiger partial charge in [0.15, 0.2) is 0 Å².